The molecule has 1 N–H and O–H groups in total. The summed E-state index contributed by atoms with van der Waals surface area (Å²) >= 11 is 1.35. The quantitative estimate of drug-likeness (QED) is 0.379. The van der Waals surface area contributed by atoms with E-state index in [1.165, 1.54) is 23.9 Å². The molecule has 1 heterocycles. The lowest BCUT2D eigenvalue weighted by molar-refractivity contribution is -0.384. The van der Waals surface area contributed by atoms with Gasteiger partial charge < -0.3 is 5.32 Å². The molecule has 1 atom stereocenters. The Morgan fingerprint density at radius 2 is 1.96 bits per heavy atom. The Morgan fingerprint density at radius 3 is 2.63 bits per heavy atom. The smallest absolute Gasteiger partial charge is 0.269 e. The van der Waals surface area contributed by atoms with Crippen molar-refractivity contribution in [2.24, 2.45) is 0 Å². The third-order valence-electron chi connectivity index (χ3n) is 3.90. The van der Waals surface area contributed by atoms with Gasteiger partial charge in [-0.25, -0.2) is 0 Å². The average Bonchev–Trinajstić information content (AvgIpc) is 3.17. The molecule has 3 aromatic rings. The van der Waals surface area contributed by atoms with Gasteiger partial charge in [0.1, 0.15) is 0 Å². The summed E-state index contributed by atoms with van der Waals surface area (Å²) in [6.45, 7) is 2.37. The first kappa shape index (κ1) is 18.7. The molecule has 0 aliphatic rings. The molecule has 0 fully saturated rings. The zero-order valence-electron chi connectivity index (χ0n) is 14.6. The number of nitrogens with zero attached hydrogens (tertiary/aromatic N) is 3. The molecule has 0 bridgehead atoms. The number of nitro benzene ring substituents is 1. The zero-order chi connectivity index (χ0) is 19.2. The molecule has 1 amide bonds. The molecule has 3 rings (SSSR count). The molecule has 0 saturated heterocycles. The highest BCUT2D eigenvalue weighted by Gasteiger charge is 2.16. The molecule has 138 valence electrons. The van der Waals surface area contributed by atoms with E-state index < -0.39 is 4.92 Å². The largest absolute Gasteiger partial charge is 0.325 e. The van der Waals surface area contributed by atoms with Crippen LogP contribution in [0.15, 0.2) is 71.9 Å². The van der Waals surface area contributed by atoms with E-state index in [4.69, 9.17) is 0 Å². The van der Waals surface area contributed by atoms with Crippen molar-refractivity contribution in [3.63, 3.8) is 0 Å². The Morgan fingerprint density at radius 1 is 1.22 bits per heavy atom. The summed E-state index contributed by atoms with van der Waals surface area (Å²) < 4.78 is 1.79. The Kier molecular flexibility index (Phi) is 5.87. The van der Waals surface area contributed by atoms with E-state index in [9.17, 15) is 14.9 Å². The molecule has 1 unspecified atom stereocenters. The van der Waals surface area contributed by atoms with Gasteiger partial charge in [0.05, 0.1) is 16.7 Å². The Hall–Kier alpha value is -3.13. The van der Waals surface area contributed by atoms with Crippen LogP contribution < -0.4 is 5.32 Å². The number of aromatic nitrogens is 2. The van der Waals surface area contributed by atoms with Gasteiger partial charge in [-0.3, -0.25) is 19.6 Å². The highest BCUT2D eigenvalue weighted by molar-refractivity contribution is 8.00. The van der Waals surface area contributed by atoms with Gasteiger partial charge in [0.15, 0.2) is 0 Å². The van der Waals surface area contributed by atoms with Gasteiger partial charge in [-0.15, -0.1) is 11.8 Å². The molecule has 0 aliphatic heterocycles. The molecule has 1 aromatic heterocycles. The van der Waals surface area contributed by atoms with Gasteiger partial charge >= 0.3 is 0 Å². The lowest BCUT2D eigenvalue weighted by Gasteiger charge is -2.15. The summed E-state index contributed by atoms with van der Waals surface area (Å²) in [6.07, 6.45) is 3.58. The Balaban J connectivity index is 1.65. The van der Waals surface area contributed by atoms with Crippen molar-refractivity contribution in [3.05, 3.63) is 82.7 Å². The van der Waals surface area contributed by atoms with Crippen LogP contribution in [0.3, 0.4) is 0 Å². The highest BCUT2D eigenvalue weighted by atomic mass is 32.2. The number of nitro groups is 1. The summed E-state index contributed by atoms with van der Waals surface area (Å²) in [5.41, 5.74) is 1.74. The van der Waals surface area contributed by atoms with Crippen LogP contribution in [0.1, 0.15) is 12.5 Å². The SMILES string of the molecule is CC(Sc1ccc([N+](=O)[O-])cc1)C(=O)Nc1ccccc1Cn1cccn1. The van der Waals surface area contributed by atoms with E-state index in [-0.39, 0.29) is 16.8 Å². The normalized spacial score (nSPS) is 11.7. The van der Waals surface area contributed by atoms with Gasteiger partial charge in [0, 0.05) is 35.1 Å². The average molecular weight is 382 g/mol. The van der Waals surface area contributed by atoms with Gasteiger partial charge in [0.25, 0.3) is 5.69 Å². The maximum atomic E-state index is 12.6. The van der Waals surface area contributed by atoms with Crippen molar-refractivity contribution in [2.45, 2.75) is 23.6 Å². The van der Waals surface area contributed by atoms with E-state index in [0.29, 0.717) is 6.54 Å². The number of hydrogen-bond acceptors (Lipinski definition) is 5. The summed E-state index contributed by atoms with van der Waals surface area (Å²) in [5.74, 6) is -0.133. The van der Waals surface area contributed by atoms with Crippen molar-refractivity contribution in [1.29, 1.82) is 0 Å². The molecule has 0 radical (unpaired) electrons. The fraction of sp³-hybridized carbons (Fsp3) is 0.158. The van der Waals surface area contributed by atoms with Crippen molar-refractivity contribution in [3.8, 4) is 0 Å². The minimum Gasteiger partial charge on any atom is -0.325 e. The first-order valence-corrected chi connectivity index (χ1v) is 9.18. The van der Waals surface area contributed by atoms with Crippen LogP contribution in [0.5, 0.6) is 0 Å². The second kappa shape index (κ2) is 8.50. The minimum atomic E-state index is -0.443. The Labute approximate surface area is 160 Å². The van der Waals surface area contributed by atoms with E-state index in [0.717, 1.165) is 16.1 Å². The molecule has 7 nitrogen and oxygen atoms in total. The van der Waals surface area contributed by atoms with Crippen LogP contribution in [-0.4, -0.2) is 25.9 Å². The third kappa shape index (κ3) is 4.95. The Bertz CT molecular complexity index is 926. The van der Waals surface area contributed by atoms with Crippen LogP contribution in [0.2, 0.25) is 0 Å². The highest BCUT2D eigenvalue weighted by Crippen LogP contribution is 2.26. The standard InChI is InChI=1S/C19H18N4O3S/c1-14(27-17-9-7-16(8-10-17)23(25)26)19(24)21-18-6-3-2-5-15(18)13-22-12-4-11-20-22/h2-12,14H,13H2,1H3,(H,21,24). The first-order valence-electron chi connectivity index (χ1n) is 8.30. The monoisotopic (exact) mass is 382 g/mol. The number of nitrogens with one attached hydrogen (secondary N) is 1. The van der Waals surface area contributed by atoms with Gasteiger partial charge in [-0.05, 0) is 36.8 Å². The van der Waals surface area contributed by atoms with Crippen LogP contribution in [0.25, 0.3) is 0 Å². The van der Waals surface area contributed by atoms with Crippen LogP contribution in [0, 0.1) is 10.1 Å². The minimum absolute atomic E-state index is 0.0315. The predicted molar refractivity (Wildman–Crippen MR) is 105 cm³/mol. The van der Waals surface area contributed by atoms with Crippen LogP contribution in [-0.2, 0) is 11.3 Å². The van der Waals surface area contributed by atoms with E-state index in [1.807, 2.05) is 36.5 Å². The predicted octanol–water partition coefficient (Wildman–Crippen LogP) is 3.96. The van der Waals surface area contributed by atoms with Crippen LogP contribution >= 0.6 is 11.8 Å². The molecule has 0 aliphatic carbocycles. The fourth-order valence-electron chi connectivity index (χ4n) is 2.49. The van der Waals surface area contributed by atoms with E-state index in [1.54, 1.807) is 29.9 Å². The van der Waals surface area contributed by atoms with Gasteiger partial charge in [0.2, 0.25) is 5.91 Å². The topological polar surface area (TPSA) is 90.1 Å². The molecular weight excluding hydrogens is 364 g/mol. The van der Waals surface area contributed by atoms with Crippen molar-refractivity contribution < 1.29 is 9.72 Å². The number of thioether (sulfide) groups is 1. The number of para-hydroxylation sites is 1. The summed E-state index contributed by atoms with van der Waals surface area (Å²) in [6, 6.07) is 15.6. The lowest BCUT2D eigenvalue weighted by Crippen LogP contribution is -2.23. The first-order chi connectivity index (χ1) is 13.0. The number of anilines is 1. The fourth-order valence-corrected chi connectivity index (χ4v) is 3.35. The number of non-ortho nitro benzene ring substituents is 1. The maximum absolute atomic E-state index is 12.6. The number of rotatable bonds is 7. The van der Waals surface area contributed by atoms with E-state index >= 15 is 0 Å². The summed E-state index contributed by atoms with van der Waals surface area (Å²) in [5, 5.41) is 17.5. The number of hydrogen-bond donors (Lipinski definition) is 1. The van der Waals surface area contributed by atoms with Gasteiger partial charge in [-0.2, -0.15) is 5.10 Å². The lowest BCUT2D eigenvalue weighted by atomic mass is 10.1. The summed E-state index contributed by atoms with van der Waals surface area (Å²) in [7, 11) is 0. The molecule has 2 aromatic carbocycles. The van der Waals surface area contributed by atoms with Gasteiger partial charge in [-0.1, -0.05) is 18.2 Å². The zero-order valence-corrected chi connectivity index (χ0v) is 15.4. The molecule has 0 spiro atoms. The van der Waals surface area contributed by atoms with E-state index in [2.05, 4.69) is 10.4 Å². The van der Waals surface area contributed by atoms with Crippen molar-refractivity contribution >= 4 is 29.0 Å². The van der Waals surface area contributed by atoms with Crippen molar-refractivity contribution in [1.82, 2.24) is 9.78 Å². The summed E-state index contributed by atoms with van der Waals surface area (Å²) in [4.78, 5) is 23.7. The second-order valence-corrected chi connectivity index (χ2v) is 7.28. The van der Waals surface area contributed by atoms with Crippen molar-refractivity contribution in [2.75, 3.05) is 5.32 Å². The maximum Gasteiger partial charge on any atom is 0.269 e. The number of carbonyl (C=O) groups excluding carboxylic acids is 1. The molecule has 27 heavy (non-hydrogen) atoms. The molecule has 0 saturated carbocycles. The second-order valence-electron chi connectivity index (χ2n) is 5.86. The number of amides is 1. The number of carbonyl (C=O) groups is 1. The molecule has 8 heteroatoms. The third-order valence-corrected chi connectivity index (χ3v) is 5.01. The van der Waals surface area contributed by atoms with Crippen LogP contribution in [0.4, 0.5) is 11.4 Å². The molecular formula is C19H18N4O3S. The number of benzene rings is 2.